The maximum Gasteiger partial charge on any atom is 0.254 e. The Hall–Kier alpha value is -2.77. The number of likely N-dealkylation sites (tertiary alicyclic amines) is 1. The number of halogens is 1. The highest BCUT2D eigenvalue weighted by Crippen LogP contribution is 2.21. The van der Waals surface area contributed by atoms with Crippen molar-refractivity contribution >= 4 is 16.9 Å². The molecule has 3 aromatic rings. The maximum atomic E-state index is 13.8. The van der Waals surface area contributed by atoms with Crippen molar-refractivity contribution in [2.24, 2.45) is 0 Å². The number of carbonyl (C=O) groups excluding carboxylic acids is 1. The first-order valence-corrected chi connectivity index (χ1v) is 14.5. The molecule has 0 radical (unpaired) electrons. The molecule has 6 nitrogen and oxygen atoms in total. The minimum Gasteiger partial charge on any atom is -0.331 e. The van der Waals surface area contributed by atoms with E-state index in [2.05, 4.69) is 46.8 Å². The summed E-state index contributed by atoms with van der Waals surface area (Å²) in [6.45, 7) is 12.6. The number of hydrogen-bond acceptors (Lipinski definition) is 4. The van der Waals surface area contributed by atoms with Gasteiger partial charge in [-0.05, 0) is 94.6 Å². The van der Waals surface area contributed by atoms with E-state index < -0.39 is 5.82 Å². The molecule has 2 aromatic carbocycles. The Morgan fingerprint density at radius 1 is 1.13 bits per heavy atom. The molecule has 1 unspecified atom stereocenters. The minimum absolute atomic E-state index is 0.162. The number of hydrogen-bond donors (Lipinski definition) is 1. The van der Waals surface area contributed by atoms with Gasteiger partial charge in [0.15, 0.2) is 0 Å². The molecule has 1 aliphatic heterocycles. The lowest BCUT2D eigenvalue weighted by atomic mass is 10.0. The second-order valence-electron chi connectivity index (χ2n) is 10.7. The molecule has 7 heteroatoms. The number of piperidine rings is 1. The first kappa shape index (κ1) is 28.2. The Kier molecular flexibility index (Phi) is 10.3. The van der Waals surface area contributed by atoms with Gasteiger partial charge >= 0.3 is 0 Å². The van der Waals surface area contributed by atoms with Crippen molar-refractivity contribution in [2.45, 2.75) is 85.0 Å². The maximum absolute atomic E-state index is 13.8. The van der Waals surface area contributed by atoms with E-state index in [0.29, 0.717) is 18.7 Å². The van der Waals surface area contributed by atoms with E-state index in [1.165, 1.54) is 50.0 Å². The Balaban J connectivity index is 1.42. The van der Waals surface area contributed by atoms with Crippen molar-refractivity contribution in [3.05, 3.63) is 65.2 Å². The molecule has 0 saturated carbocycles. The summed E-state index contributed by atoms with van der Waals surface area (Å²) in [4.78, 5) is 22.6. The summed E-state index contributed by atoms with van der Waals surface area (Å²) in [5.41, 5.74) is 3.65. The van der Waals surface area contributed by atoms with Crippen molar-refractivity contribution < 1.29 is 9.18 Å². The molecule has 1 atom stereocenters. The molecule has 1 fully saturated rings. The molecule has 1 amide bonds. The number of nitrogens with one attached hydrogen (secondary N) is 1. The van der Waals surface area contributed by atoms with Crippen LogP contribution in [0.25, 0.3) is 11.0 Å². The lowest BCUT2D eigenvalue weighted by molar-refractivity contribution is 0.0736. The van der Waals surface area contributed by atoms with E-state index in [4.69, 9.17) is 4.98 Å². The van der Waals surface area contributed by atoms with Gasteiger partial charge in [0.2, 0.25) is 0 Å². The number of rotatable bonds is 13. The van der Waals surface area contributed by atoms with Crippen LogP contribution in [0.1, 0.15) is 81.0 Å². The SMILES string of the molecule is CCCN(Cc1nc2cc(CNCCCN3CCCCC3C)ccc2n1CCC)C(=O)c1cccc(F)c1. The largest absolute Gasteiger partial charge is 0.331 e. The van der Waals surface area contributed by atoms with Crippen LogP contribution in [0.4, 0.5) is 4.39 Å². The zero-order chi connectivity index (χ0) is 26.9. The highest BCUT2D eigenvalue weighted by molar-refractivity contribution is 5.94. The molecule has 38 heavy (non-hydrogen) atoms. The van der Waals surface area contributed by atoms with Crippen molar-refractivity contribution in [3.63, 3.8) is 0 Å². The number of amides is 1. The Morgan fingerprint density at radius 3 is 2.76 bits per heavy atom. The number of aryl methyl sites for hydroxylation is 1. The van der Waals surface area contributed by atoms with Crippen LogP contribution < -0.4 is 5.32 Å². The monoisotopic (exact) mass is 521 g/mol. The second kappa shape index (κ2) is 13.9. The summed E-state index contributed by atoms with van der Waals surface area (Å²) >= 11 is 0. The van der Waals surface area contributed by atoms with Gasteiger partial charge in [-0.15, -0.1) is 0 Å². The van der Waals surface area contributed by atoms with Gasteiger partial charge in [0, 0.05) is 31.2 Å². The lowest BCUT2D eigenvalue weighted by Gasteiger charge is -2.33. The van der Waals surface area contributed by atoms with E-state index in [1.54, 1.807) is 17.0 Å². The number of benzene rings is 2. The zero-order valence-electron chi connectivity index (χ0n) is 23.4. The van der Waals surface area contributed by atoms with Gasteiger partial charge in [0.05, 0.1) is 17.6 Å². The Bertz CT molecular complexity index is 1190. The third-order valence-corrected chi connectivity index (χ3v) is 7.59. The molecule has 0 spiro atoms. The summed E-state index contributed by atoms with van der Waals surface area (Å²) < 4.78 is 16.0. The van der Waals surface area contributed by atoms with Crippen molar-refractivity contribution in [1.82, 2.24) is 24.7 Å². The summed E-state index contributed by atoms with van der Waals surface area (Å²) in [5, 5.41) is 3.61. The highest BCUT2D eigenvalue weighted by atomic mass is 19.1. The first-order valence-electron chi connectivity index (χ1n) is 14.5. The molecule has 0 aliphatic carbocycles. The fraction of sp³-hybridized carbons (Fsp3) is 0.548. The van der Waals surface area contributed by atoms with Gasteiger partial charge < -0.3 is 19.7 Å². The van der Waals surface area contributed by atoms with E-state index in [-0.39, 0.29) is 5.91 Å². The van der Waals surface area contributed by atoms with E-state index in [1.807, 2.05) is 6.92 Å². The van der Waals surface area contributed by atoms with Crippen LogP contribution in [0.2, 0.25) is 0 Å². The predicted molar refractivity (Wildman–Crippen MR) is 153 cm³/mol. The third-order valence-electron chi connectivity index (χ3n) is 7.59. The van der Waals surface area contributed by atoms with Gasteiger partial charge in [0.25, 0.3) is 5.91 Å². The van der Waals surface area contributed by atoms with Crippen molar-refractivity contribution in [3.8, 4) is 0 Å². The van der Waals surface area contributed by atoms with Crippen LogP contribution in [0.5, 0.6) is 0 Å². The first-order chi connectivity index (χ1) is 18.5. The smallest absolute Gasteiger partial charge is 0.254 e. The third kappa shape index (κ3) is 7.20. The minimum atomic E-state index is -0.396. The van der Waals surface area contributed by atoms with E-state index in [9.17, 15) is 9.18 Å². The van der Waals surface area contributed by atoms with Gasteiger partial charge in [-0.1, -0.05) is 32.4 Å². The van der Waals surface area contributed by atoms with Crippen LogP contribution in [-0.4, -0.2) is 57.5 Å². The Labute approximate surface area is 227 Å². The van der Waals surface area contributed by atoms with Crippen LogP contribution in [-0.2, 0) is 19.6 Å². The summed E-state index contributed by atoms with van der Waals surface area (Å²) in [7, 11) is 0. The summed E-state index contributed by atoms with van der Waals surface area (Å²) in [6.07, 6.45) is 6.99. The molecule has 1 aromatic heterocycles. The molecule has 4 rings (SSSR count). The number of nitrogens with zero attached hydrogens (tertiary/aromatic N) is 4. The highest BCUT2D eigenvalue weighted by Gasteiger charge is 2.20. The fourth-order valence-corrected chi connectivity index (χ4v) is 5.56. The molecule has 1 aliphatic rings. The summed E-state index contributed by atoms with van der Waals surface area (Å²) in [6, 6.07) is 13.2. The zero-order valence-corrected chi connectivity index (χ0v) is 23.4. The predicted octanol–water partition coefficient (Wildman–Crippen LogP) is 5.99. The molecular formula is C31H44FN5O. The number of aromatic nitrogens is 2. The second-order valence-corrected chi connectivity index (χ2v) is 10.7. The van der Waals surface area contributed by atoms with Crippen LogP contribution in [0, 0.1) is 5.82 Å². The van der Waals surface area contributed by atoms with Crippen LogP contribution >= 0.6 is 0 Å². The van der Waals surface area contributed by atoms with Gasteiger partial charge in [-0.3, -0.25) is 4.79 Å². The number of carbonyl (C=O) groups is 1. The normalized spacial score (nSPS) is 16.3. The Morgan fingerprint density at radius 2 is 2.00 bits per heavy atom. The average Bonchev–Trinajstić information content (AvgIpc) is 3.25. The van der Waals surface area contributed by atoms with Crippen molar-refractivity contribution in [1.29, 1.82) is 0 Å². The molecule has 0 bridgehead atoms. The molecule has 1 N–H and O–H groups in total. The summed E-state index contributed by atoms with van der Waals surface area (Å²) in [5.74, 6) is 0.318. The average molecular weight is 522 g/mol. The molecule has 206 valence electrons. The van der Waals surface area contributed by atoms with Gasteiger partial charge in [0.1, 0.15) is 11.6 Å². The number of fused-ring (bicyclic) bond motifs is 1. The standard InChI is InChI=1S/C31H44FN5O/c1-4-16-36(31(38)26-11-8-12-27(32)21-26)23-30-34-28-20-25(13-14-29(28)37(30)17-5-2)22-33-15-9-19-35-18-7-6-10-24(35)3/h8,11-14,20-21,24,33H,4-7,9-10,15-19,22-23H2,1-3H3. The van der Waals surface area contributed by atoms with Gasteiger partial charge in [-0.2, -0.15) is 0 Å². The fourth-order valence-electron chi connectivity index (χ4n) is 5.56. The van der Waals surface area contributed by atoms with E-state index in [0.717, 1.165) is 61.8 Å². The topological polar surface area (TPSA) is 53.4 Å². The molecule has 1 saturated heterocycles. The number of imidazole rings is 1. The van der Waals surface area contributed by atoms with E-state index >= 15 is 0 Å². The molecular weight excluding hydrogens is 477 g/mol. The van der Waals surface area contributed by atoms with Crippen LogP contribution in [0.15, 0.2) is 42.5 Å². The van der Waals surface area contributed by atoms with Gasteiger partial charge in [-0.25, -0.2) is 9.37 Å². The molecule has 2 heterocycles. The lowest BCUT2D eigenvalue weighted by Crippen LogP contribution is -2.38. The van der Waals surface area contributed by atoms with Crippen LogP contribution in [0.3, 0.4) is 0 Å². The quantitative estimate of drug-likeness (QED) is 0.281. The van der Waals surface area contributed by atoms with Crippen molar-refractivity contribution in [2.75, 3.05) is 26.2 Å².